The Bertz CT molecular complexity index is 1010. The lowest BCUT2D eigenvalue weighted by molar-refractivity contribution is -0.141. The molecule has 4 heterocycles. The smallest absolute Gasteiger partial charge is 0.437 e. The van der Waals surface area contributed by atoms with Crippen molar-refractivity contribution in [3.63, 3.8) is 0 Å². The average Bonchev–Trinajstić information content (AvgIpc) is 3.50. The molecule has 4 rings (SSSR count). The van der Waals surface area contributed by atoms with E-state index in [0.29, 0.717) is 51.7 Å². The maximum absolute atomic E-state index is 13.5. The van der Waals surface area contributed by atoms with Gasteiger partial charge in [0.1, 0.15) is 5.82 Å². The van der Waals surface area contributed by atoms with Crippen LogP contribution < -0.4 is 15.1 Å². The molecule has 2 aromatic rings. The molecule has 10 nitrogen and oxygen atoms in total. The number of alkyl halides is 3. The van der Waals surface area contributed by atoms with E-state index in [-0.39, 0.29) is 17.8 Å². The number of hydrogen-bond donors (Lipinski definition) is 1. The van der Waals surface area contributed by atoms with Crippen molar-refractivity contribution in [2.45, 2.75) is 25.9 Å². The first-order chi connectivity index (χ1) is 16.3. The van der Waals surface area contributed by atoms with Gasteiger partial charge in [-0.15, -0.1) is 0 Å². The Hall–Kier alpha value is -3.51. The lowest BCUT2D eigenvalue weighted by Gasteiger charge is -2.34. The van der Waals surface area contributed by atoms with Gasteiger partial charge in [-0.05, 0) is 31.9 Å². The van der Waals surface area contributed by atoms with Crippen LogP contribution in [0.4, 0.5) is 35.5 Å². The molecule has 0 aromatic carbocycles. The van der Waals surface area contributed by atoms with Crippen LogP contribution in [-0.2, 0) is 10.9 Å². The van der Waals surface area contributed by atoms with Gasteiger partial charge < -0.3 is 29.2 Å². The minimum absolute atomic E-state index is 0.203. The van der Waals surface area contributed by atoms with Gasteiger partial charge >= 0.3 is 12.3 Å². The Balaban J connectivity index is 1.41. The Morgan fingerprint density at radius 2 is 1.79 bits per heavy atom. The van der Waals surface area contributed by atoms with Crippen molar-refractivity contribution in [2.75, 3.05) is 61.0 Å². The summed E-state index contributed by atoms with van der Waals surface area (Å²) in [6.07, 6.45) is -2.19. The van der Waals surface area contributed by atoms with Gasteiger partial charge in [-0.25, -0.2) is 9.78 Å². The van der Waals surface area contributed by atoms with Gasteiger partial charge in [0.05, 0.1) is 18.5 Å². The number of piperazine rings is 1. The molecule has 2 fully saturated rings. The number of hydrogen-bond acceptors (Lipinski definition) is 8. The second kappa shape index (κ2) is 9.77. The van der Waals surface area contributed by atoms with E-state index in [2.05, 4.69) is 15.3 Å². The number of nitrogens with one attached hydrogen (secondary N) is 1. The third-order valence-corrected chi connectivity index (χ3v) is 5.60. The molecular formula is C21H25F3N6O4. The van der Waals surface area contributed by atoms with Crippen LogP contribution in [0.1, 0.15) is 36.0 Å². The Kier molecular flexibility index (Phi) is 6.80. The summed E-state index contributed by atoms with van der Waals surface area (Å²) >= 11 is 0. The van der Waals surface area contributed by atoms with Crippen LogP contribution in [-0.4, -0.2) is 72.7 Å². The van der Waals surface area contributed by atoms with Crippen molar-refractivity contribution in [2.24, 2.45) is 0 Å². The van der Waals surface area contributed by atoms with E-state index in [4.69, 9.17) is 9.15 Å². The molecule has 2 aliphatic rings. The van der Waals surface area contributed by atoms with E-state index < -0.39 is 23.5 Å². The van der Waals surface area contributed by atoms with E-state index >= 15 is 0 Å². The number of carbonyl (C=O) groups is 2. The van der Waals surface area contributed by atoms with Crippen LogP contribution in [0.25, 0.3) is 0 Å². The molecule has 2 amide bonds. The summed E-state index contributed by atoms with van der Waals surface area (Å²) in [7, 11) is 0. The summed E-state index contributed by atoms with van der Waals surface area (Å²) in [5, 5.41) is 2.40. The summed E-state index contributed by atoms with van der Waals surface area (Å²) in [4.78, 5) is 37.4. The average molecular weight is 482 g/mol. The van der Waals surface area contributed by atoms with Gasteiger partial charge in [0.25, 0.3) is 11.9 Å². The highest BCUT2D eigenvalue weighted by atomic mass is 19.4. The topological polar surface area (TPSA) is 104 Å². The number of amides is 2. The monoisotopic (exact) mass is 482 g/mol. The molecule has 0 unspecified atom stereocenters. The van der Waals surface area contributed by atoms with Crippen molar-refractivity contribution in [3.05, 3.63) is 29.8 Å². The fourth-order valence-electron chi connectivity index (χ4n) is 3.87. The van der Waals surface area contributed by atoms with Crippen molar-refractivity contribution in [3.8, 4) is 0 Å². The number of halogens is 3. The molecule has 34 heavy (non-hydrogen) atoms. The van der Waals surface area contributed by atoms with Gasteiger partial charge in [0.15, 0.2) is 5.69 Å². The van der Waals surface area contributed by atoms with Gasteiger partial charge in [0.2, 0.25) is 5.76 Å². The standard InChI is InChI=1S/C21H25F3N6O4/c1-2-33-20(32)30-11-9-28(10-12-30)15-6-5-14(13-25-15)26-18(31)16-17(21(22,23)24)27-19(34-16)29-7-3-4-8-29/h5-6,13H,2-4,7-12H2,1H3,(H,26,31). The second-order valence-electron chi connectivity index (χ2n) is 7.90. The van der Waals surface area contributed by atoms with Gasteiger partial charge in [-0.1, -0.05) is 0 Å². The minimum Gasteiger partial charge on any atom is -0.450 e. The molecule has 0 radical (unpaired) electrons. The number of ether oxygens (including phenoxy) is 1. The highest BCUT2D eigenvalue weighted by Gasteiger charge is 2.42. The summed E-state index contributed by atoms with van der Waals surface area (Å²) in [5.74, 6) is -1.31. The molecule has 0 saturated carbocycles. The zero-order valence-electron chi connectivity index (χ0n) is 18.6. The lowest BCUT2D eigenvalue weighted by Crippen LogP contribution is -2.49. The van der Waals surface area contributed by atoms with Crippen LogP contribution in [0.2, 0.25) is 0 Å². The number of oxazole rings is 1. The molecule has 1 N–H and O–H groups in total. The predicted octanol–water partition coefficient (Wildman–Crippen LogP) is 3.22. The summed E-state index contributed by atoms with van der Waals surface area (Å²) in [6.45, 7) is 5.15. The fourth-order valence-corrected chi connectivity index (χ4v) is 3.87. The van der Waals surface area contributed by atoms with E-state index in [0.717, 1.165) is 12.8 Å². The maximum atomic E-state index is 13.5. The Labute approximate surface area is 193 Å². The quantitative estimate of drug-likeness (QED) is 0.693. The number of rotatable bonds is 5. The third-order valence-electron chi connectivity index (χ3n) is 5.60. The SMILES string of the molecule is CCOC(=O)N1CCN(c2ccc(NC(=O)c3oc(N4CCCC4)nc3C(F)(F)F)cn2)CC1. The first-order valence-electron chi connectivity index (χ1n) is 11.0. The number of anilines is 3. The molecule has 0 atom stereocenters. The van der Waals surface area contributed by atoms with Gasteiger partial charge in [0, 0.05) is 39.3 Å². The number of pyridine rings is 1. The van der Waals surface area contributed by atoms with Crippen LogP contribution in [0.3, 0.4) is 0 Å². The summed E-state index contributed by atoms with van der Waals surface area (Å²) in [5.41, 5.74) is -1.14. The van der Waals surface area contributed by atoms with Crippen molar-refractivity contribution in [1.29, 1.82) is 0 Å². The molecule has 2 aromatic heterocycles. The molecular weight excluding hydrogens is 457 g/mol. The first-order valence-corrected chi connectivity index (χ1v) is 11.0. The summed E-state index contributed by atoms with van der Waals surface area (Å²) < 4.78 is 50.6. The predicted molar refractivity (Wildman–Crippen MR) is 116 cm³/mol. The van der Waals surface area contributed by atoms with Crippen LogP contribution in [0, 0.1) is 0 Å². The van der Waals surface area contributed by atoms with E-state index in [9.17, 15) is 22.8 Å². The molecule has 184 valence electrons. The number of nitrogens with zero attached hydrogens (tertiary/aromatic N) is 5. The third kappa shape index (κ3) is 5.18. The number of carbonyl (C=O) groups excluding carboxylic acids is 2. The van der Waals surface area contributed by atoms with Crippen molar-refractivity contribution < 1.29 is 31.9 Å². The number of aromatic nitrogens is 2. The van der Waals surface area contributed by atoms with E-state index in [1.807, 2.05) is 4.90 Å². The minimum atomic E-state index is -4.83. The molecule has 13 heteroatoms. The van der Waals surface area contributed by atoms with Crippen molar-refractivity contribution in [1.82, 2.24) is 14.9 Å². The van der Waals surface area contributed by atoms with Gasteiger partial charge in [-0.2, -0.15) is 18.2 Å². The Morgan fingerprint density at radius 3 is 2.38 bits per heavy atom. The zero-order valence-corrected chi connectivity index (χ0v) is 18.6. The first kappa shape index (κ1) is 23.6. The lowest BCUT2D eigenvalue weighted by atomic mass is 10.3. The summed E-state index contributed by atoms with van der Waals surface area (Å²) in [6, 6.07) is 2.99. The largest absolute Gasteiger partial charge is 0.450 e. The van der Waals surface area contributed by atoms with E-state index in [1.165, 1.54) is 6.20 Å². The fraction of sp³-hybridized carbons (Fsp3) is 0.524. The highest BCUT2D eigenvalue weighted by Crippen LogP contribution is 2.35. The van der Waals surface area contributed by atoms with Crippen LogP contribution >= 0.6 is 0 Å². The molecule has 2 aliphatic heterocycles. The molecule has 2 saturated heterocycles. The molecule has 0 spiro atoms. The van der Waals surface area contributed by atoms with Crippen LogP contribution in [0.15, 0.2) is 22.7 Å². The van der Waals surface area contributed by atoms with E-state index in [1.54, 1.807) is 28.9 Å². The molecule has 0 aliphatic carbocycles. The van der Waals surface area contributed by atoms with Gasteiger partial charge in [-0.3, -0.25) is 4.79 Å². The van der Waals surface area contributed by atoms with Crippen molar-refractivity contribution >= 4 is 29.5 Å². The Morgan fingerprint density at radius 1 is 1.09 bits per heavy atom. The molecule has 0 bridgehead atoms. The maximum Gasteiger partial charge on any atom is 0.437 e. The van der Waals surface area contributed by atoms with Crippen LogP contribution in [0.5, 0.6) is 0 Å². The highest BCUT2D eigenvalue weighted by molar-refractivity contribution is 6.03. The zero-order chi connectivity index (χ0) is 24.3. The normalized spacial score (nSPS) is 16.6. The second-order valence-corrected chi connectivity index (χ2v) is 7.90.